The van der Waals surface area contributed by atoms with Gasteiger partial charge < -0.3 is 14.2 Å². The predicted octanol–water partition coefficient (Wildman–Crippen LogP) is 4.10. The second kappa shape index (κ2) is 9.19. The number of ether oxygens (including phenoxy) is 3. The highest BCUT2D eigenvalue weighted by Crippen LogP contribution is 2.28. The van der Waals surface area contributed by atoms with Gasteiger partial charge in [0.2, 0.25) is 0 Å². The highest BCUT2D eigenvalue weighted by Gasteiger charge is 2.12. The number of carbonyl (C=O) groups is 1. The highest BCUT2D eigenvalue weighted by atomic mass is 16.6. The van der Waals surface area contributed by atoms with Crippen LogP contribution in [-0.4, -0.2) is 24.6 Å². The number of benzene rings is 2. The van der Waals surface area contributed by atoms with Crippen LogP contribution in [0.25, 0.3) is 6.08 Å². The Kier molecular flexibility index (Phi) is 6.71. The van der Waals surface area contributed by atoms with Gasteiger partial charge in [0.25, 0.3) is 5.69 Å². The molecule has 0 aromatic heterocycles. The van der Waals surface area contributed by atoms with Crippen LogP contribution in [0.1, 0.15) is 11.1 Å². The fourth-order valence-electron chi connectivity index (χ4n) is 2.27. The summed E-state index contributed by atoms with van der Waals surface area (Å²) in [5.74, 6) is 0.726. The van der Waals surface area contributed by atoms with E-state index in [0.29, 0.717) is 23.7 Å². The second-order valence-corrected chi connectivity index (χ2v) is 5.47. The maximum absolute atomic E-state index is 12.0. The van der Waals surface area contributed by atoms with Crippen molar-refractivity contribution in [3.05, 3.63) is 76.4 Å². The van der Waals surface area contributed by atoms with Crippen molar-refractivity contribution in [3.8, 4) is 17.2 Å². The smallest absolute Gasteiger partial charge is 0.336 e. The van der Waals surface area contributed by atoms with Gasteiger partial charge in [-0.05, 0) is 42.8 Å². The number of methoxy groups -OCH3 is 1. The van der Waals surface area contributed by atoms with Gasteiger partial charge >= 0.3 is 5.97 Å². The molecule has 0 N–H and O–H groups in total. The molecule has 0 aliphatic heterocycles. The SMILES string of the molecule is C=CCOc1ccc(C=CC(=O)Oc2ccc([N+](=O)[O-])c(C)c2)cc1OC. The molecule has 2 aromatic carbocycles. The number of nitro benzene ring substituents is 1. The van der Waals surface area contributed by atoms with Crippen LogP contribution >= 0.6 is 0 Å². The van der Waals surface area contributed by atoms with Gasteiger partial charge in [-0.25, -0.2) is 4.79 Å². The number of rotatable bonds is 8. The number of esters is 1. The molecule has 7 heteroatoms. The van der Waals surface area contributed by atoms with Crippen LogP contribution < -0.4 is 14.2 Å². The van der Waals surface area contributed by atoms with Crippen LogP contribution in [0.15, 0.2) is 55.1 Å². The molecule has 0 heterocycles. The Bertz CT molecular complexity index is 888. The van der Waals surface area contributed by atoms with Crippen LogP contribution in [0.3, 0.4) is 0 Å². The standard InChI is InChI=1S/C20H19NO6/c1-4-11-26-18-9-5-15(13-19(18)25-3)6-10-20(22)27-16-7-8-17(21(23)24)14(2)12-16/h4-10,12-13H,1,11H2,2-3H3. The van der Waals surface area contributed by atoms with Crippen LogP contribution in [0.4, 0.5) is 5.69 Å². The molecular weight excluding hydrogens is 350 g/mol. The Morgan fingerprint density at radius 3 is 2.63 bits per heavy atom. The molecule has 0 saturated heterocycles. The molecule has 0 spiro atoms. The lowest BCUT2D eigenvalue weighted by molar-refractivity contribution is -0.385. The van der Waals surface area contributed by atoms with E-state index in [9.17, 15) is 14.9 Å². The normalized spacial score (nSPS) is 10.4. The molecule has 2 rings (SSSR count). The van der Waals surface area contributed by atoms with Crippen molar-refractivity contribution >= 4 is 17.7 Å². The Morgan fingerprint density at radius 2 is 2.00 bits per heavy atom. The van der Waals surface area contributed by atoms with Gasteiger partial charge in [0.05, 0.1) is 12.0 Å². The van der Waals surface area contributed by atoms with Crippen molar-refractivity contribution in [2.75, 3.05) is 13.7 Å². The van der Waals surface area contributed by atoms with Gasteiger partial charge in [-0.1, -0.05) is 18.7 Å². The van der Waals surface area contributed by atoms with E-state index in [1.165, 1.54) is 31.4 Å². The van der Waals surface area contributed by atoms with Crippen molar-refractivity contribution in [2.24, 2.45) is 0 Å². The Labute approximate surface area is 156 Å². The van der Waals surface area contributed by atoms with Crippen molar-refractivity contribution < 1.29 is 23.9 Å². The Hall–Kier alpha value is -3.61. The molecular formula is C20H19NO6. The van der Waals surface area contributed by atoms with E-state index in [1.54, 1.807) is 37.3 Å². The molecule has 27 heavy (non-hydrogen) atoms. The second-order valence-electron chi connectivity index (χ2n) is 5.47. The number of aryl methyl sites for hydroxylation is 1. The minimum Gasteiger partial charge on any atom is -0.493 e. The highest BCUT2D eigenvalue weighted by molar-refractivity contribution is 5.88. The number of nitro groups is 1. The molecule has 140 valence electrons. The first-order valence-electron chi connectivity index (χ1n) is 8.01. The van der Waals surface area contributed by atoms with E-state index in [-0.39, 0.29) is 11.4 Å². The van der Waals surface area contributed by atoms with Crippen LogP contribution in [0.5, 0.6) is 17.2 Å². The van der Waals surface area contributed by atoms with E-state index in [4.69, 9.17) is 14.2 Å². The summed E-state index contributed by atoms with van der Waals surface area (Å²) in [6, 6.07) is 9.34. The van der Waals surface area contributed by atoms with Gasteiger partial charge in [-0.15, -0.1) is 0 Å². The summed E-state index contributed by atoms with van der Waals surface area (Å²) < 4.78 is 15.9. The fraction of sp³-hybridized carbons (Fsp3) is 0.150. The quantitative estimate of drug-likeness (QED) is 0.174. The zero-order chi connectivity index (χ0) is 19.8. The van der Waals surface area contributed by atoms with Gasteiger partial charge in [0.1, 0.15) is 12.4 Å². The number of hydrogen-bond donors (Lipinski definition) is 0. The molecule has 0 aliphatic carbocycles. The first-order valence-corrected chi connectivity index (χ1v) is 8.01. The molecule has 7 nitrogen and oxygen atoms in total. The van der Waals surface area contributed by atoms with Crippen molar-refractivity contribution in [3.63, 3.8) is 0 Å². The largest absolute Gasteiger partial charge is 0.493 e. The summed E-state index contributed by atoms with van der Waals surface area (Å²) in [7, 11) is 1.52. The lowest BCUT2D eigenvalue weighted by Crippen LogP contribution is -2.04. The summed E-state index contributed by atoms with van der Waals surface area (Å²) in [4.78, 5) is 22.3. The molecule has 0 amide bonds. The first kappa shape index (κ1) is 19.7. The lowest BCUT2D eigenvalue weighted by atomic mass is 10.2. The summed E-state index contributed by atoms with van der Waals surface area (Å²) in [6.07, 6.45) is 4.46. The minimum absolute atomic E-state index is 0.0313. The molecule has 0 aliphatic rings. The van der Waals surface area contributed by atoms with Crippen molar-refractivity contribution in [1.82, 2.24) is 0 Å². The average Bonchev–Trinajstić information content (AvgIpc) is 2.64. The van der Waals surface area contributed by atoms with E-state index in [0.717, 1.165) is 5.56 Å². The van der Waals surface area contributed by atoms with Crippen LogP contribution in [0, 0.1) is 17.0 Å². The molecule has 0 fully saturated rings. The molecule has 0 saturated carbocycles. The molecule has 2 aromatic rings. The zero-order valence-corrected chi connectivity index (χ0v) is 15.0. The maximum atomic E-state index is 12.0. The lowest BCUT2D eigenvalue weighted by Gasteiger charge is -2.09. The summed E-state index contributed by atoms with van der Waals surface area (Å²) >= 11 is 0. The van der Waals surface area contributed by atoms with Crippen LogP contribution in [0.2, 0.25) is 0 Å². The van der Waals surface area contributed by atoms with Gasteiger partial charge in [0.15, 0.2) is 11.5 Å². The molecule has 0 unspecified atom stereocenters. The predicted molar refractivity (Wildman–Crippen MR) is 101 cm³/mol. The molecule has 0 radical (unpaired) electrons. The van der Waals surface area contributed by atoms with E-state index in [2.05, 4.69) is 6.58 Å². The fourth-order valence-corrected chi connectivity index (χ4v) is 2.27. The van der Waals surface area contributed by atoms with Crippen molar-refractivity contribution in [2.45, 2.75) is 6.92 Å². The summed E-state index contributed by atoms with van der Waals surface area (Å²) in [5.41, 5.74) is 1.10. The summed E-state index contributed by atoms with van der Waals surface area (Å²) in [6.45, 7) is 5.52. The minimum atomic E-state index is -0.603. The average molecular weight is 369 g/mol. The topological polar surface area (TPSA) is 87.9 Å². The maximum Gasteiger partial charge on any atom is 0.336 e. The number of hydrogen-bond acceptors (Lipinski definition) is 6. The van der Waals surface area contributed by atoms with Crippen LogP contribution in [-0.2, 0) is 4.79 Å². The third-order valence-electron chi connectivity index (χ3n) is 3.54. The zero-order valence-electron chi connectivity index (χ0n) is 15.0. The number of carbonyl (C=O) groups excluding carboxylic acids is 1. The monoisotopic (exact) mass is 369 g/mol. The van der Waals surface area contributed by atoms with E-state index >= 15 is 0 Å². The Balaban J connectivity index is 2.07. The molecule has 0 atom stereocenters. The molecule has 0 bridgehead atoms. The van der Waals surface area contributed by atoms with E-state index < -0.39 is 10.9 Å². The van der Waals surface area contributed by atoms with Gasteiger partial charge in [0, 0.05) is 17.7 Å². The Morgan fingerprint density at radius 1 is 1.22 bits per heavy atom. The van der Waals surface area contributed by atoms with E-state index in [1.807, 2.05) is 0 Å². The summed E-state index contributed by atoms with van der Waals surface area (Å²) in [5, 5.41) is 10.8. The number of nitrogens with zero attached hydrogens (tertiary/aromatic N) is 1. The third-order valence-corrected chi connectivity index (χ3v) is 3.54. The first-order chi connectivity index (χ1) is 12.9. The van der Waals surface area contributed by atoms with Crippen molar-refractivity contribution in [1.29, 1.82) is 0 Å². The van der Waals surface area contributed by atoms with Gasteiger partial charge in [-0.2, -0.15) is 0 Å². The van der Waals surface area contributed by atoms with Gasteiger partial charge in [-0.3, -0.25) is 10.1 Å². The third kappa shape index (κ3) is 5.43.